The van der Waals surface area contributed by atoms with Gasteiger partial charge in [0.2, 0.25) is 0 Å². The molecule has 4 aromatic rings. The molecule has 2 amide bonds. The molecule has 43 heavy (non-hydrogen) atoms. The van der Waals surface area contributed by atoms with Gasteiger partial charge in [-0.1, -0.05) is 24.6 Å². The van der Waals surface area contributed by atoms with Gasteiger partial charge in [0, 0.05) is 41.2 Å². The number of benzene rings is 4. The minimum Gasteiger partial charge on any atom is -0.334 e. The fraction of sp³-hybridized carbons (Fsp3) is 0.207. The van der Waals surface area contributed by atoms with E-state index in [9.17, 15) is 35.1 Å². The number of nitrogens with zero attached hydrogens (tertiary/aromatic N) is 1. The van der Waals surface area contributed by atoms with E-state index >= 15 is 0 Å². The number of halogens is 1. The van der Waals surface area contributed by atoms with Crippen LogP contribution in [0.4, 0.5) is 14.9 Å². The van der Waals surface area contributed by atoms with Crippen molar-refractivity contribution in [2.24, 2.45) is 0 Å². The molecule has 4 N–H and O–H groups in total. The summed E-state index contributed by atoms with van der Waals surface area (Å²) in [6.45, 7) is 1.96. The zero-order valence-electron chi connectivity index (χ0n) is 22.7. The quantitative estimate of drug-likeness (QED) is 0.134. The lowest BCUT2D eigenvalue weighted by Gasteiger charge is -2.25. The van der Waals surface area contributed by atoms with Gasteiger partial charge < -0.3 is 10.6 Å². The Morgan fingerprint density at radius 1 is 0.837 bits per heavy atom. The Kier molecular flexibility index (Phi) is 9.06. The van der Waals surface area contributed by atoms with E-state index in [4.69, 9.17) is 0 Å². The van der Waals surface area contributed by atoms with Gasteiger partial charge in [-0.15, -0.1) is 0 Å². The number of carbonyl (C=O) groups excluding carboxylic acids is 1. The largest absolute Gasteiger partial charge is 0.334 e. The second kappa shape index (κ2) is 12.6. The van der Waals surface area contributed by atoms with Crippen LogP contribution in [0, 0.1) is 5.82 Å². The molecule has 5 rings (SSSR count). The van der Waals surface area contributed by atoms with Gasteiger partial charge in [0.15, 0.2) is 0 Å². The summed E-state index contributed by atoms with van der Waals surface area (Å²) >= 11 is 1.69. The summed E-state index contributed by atoms with van der Waals surface area (Å²) < 4.78 is 83.4. The molecule has 226 valence electrons. The minimum atomic E-state index is -4.87. The molecule has 0 saturated carbocycles. The van der Waals surface area contributed by atoms with Crippen LogP contribution < -0.4 is 10.6 Å². The lowest BCUT2D eigenvalue weighted by molar-refractivity contribution is 0.251. The Hall–Kier alpha value is -3.53. The van der Waals surface area contributed by atoms with Crippen LogP contribution in [0.3, 0.4) is 0 Å². The third-order valence-electron chi connectivity index (χ3n) is 6.95. The van der Waals surface area contributed by atoms with Gasteiger partial charge in [-0.2, -0.15) is 16.8 Å². The lowest BCUT2D eigenvalue weighted by atomic mass is 9.99. The third-order valence-corrected chi connectivity index (χ3v) is 9.78. The fourth-order valence-electron chi connectivity index (χ4n) is 4.78. The van der Waals surface area contributed by atoms with E-state index in [0.717, 1.165) is 24.1 Å². The molecule has 0 atom stereocenters. The summed E-state index contributed by atoms with van der Waals surface area (Å²) in [7, 11) is -9.62. The molecule has 4 aromatic carbocycles. The number of rotatable bonds is 8. The van der Waals surface area contributed by atoms with Crippen molar-refractivity contribution in [2.75, 3.05) is 18.4 Å². The number of anilines is 1. The van der Waals surface area contributed by atoms with Gasteiger partial charge in [-0.05, 0) is 95.9 Å². The first-order valence-corrected chi connectivity index (χ1v) is 16.9. The number of hydrogen-bond acceptors (Lipinski definition) is 7. The van der Waals surface area contributed by atoms with Crippen LogP contribution in [0.25, 0.3) is 21.9 Å². The number of fused-ring (bicyclic) bond motifs is 1. The van der Waals surface area contributed by atoms with Crippen LogP contribution in [0.2, 0.25) is 0 Å². The second-order valence-electron chi connectivity index (χ2n) is 10.0. The zero-order valence-corrected chi connectivity index (χ0v) is 25.1. The van der Waals surface area contributed by atoms with Crippen molar-refractivity contribution in [3.8, 4) is 11.1 Å². The maximum Gasteiger partial charge on any atom is 0.319 e. The van der Waals surface area contributed by atoms with Crippen molar-refractivity contribution in [3.05, 3.63) is 84.2 Å². The SMILES string of the molecule is O=C(NCc1cc(-c2ccc3cc(S(=O)(=O)O)cc(S(=O)(=O)O)c3c2)ccc1F)Nc1ccc(SN2CCCCC2)cc1. The molecular formula is C29H28FN3O7S3. The third kappa shape index (κ3) is 7.71. The summed E-state index contributed by atoms with van der Waals surface area (Å²) in [5.41, 5.74) is 1.66. The van der Waals surface area contributed by atoms with Crippen LogP contribution >= 0.6 is 11.9 Å². The van der Waals surface area contributed by atoms with Crippen LogP contribution in [-0.2, 0) is 26.8 Å². The molecule has 1 aliphatic rings. The topological polar surface area (TPSA) is 153 Å². The maximum atomic E-state index is 14.7. The van der Waals surface area contributed by atoms with Crippen LogP contribution in [0.5, 0.6) is 0 Å². The molecule has 14 heteroatoms. The van der Waals surface area contributed by atoms with Gasteiger partial charge in [0.1, 0.15) is 10.7 Å². The smallest absolute Gasteiger partial charge is 0.319 e. The summed E-state index contributed by atoms with van der Waals surface area (Å²) in [6.07, 6.45) is 3.63. The molecule has 0 bridgehead atoms. The zero-order chi connectivity index (χ0) is 30.8. The molecule has 0 aliphatic carbocycles. The van der Waals surface area contributed by atoms with E-state index in [-0.39, 0.29) is 22.9 Å². The molecule has 1 saturated heterocycles. The Morgan fingerprint density at radius 2 is 1.51 bits per heavy atom. The highest BCUT2D eigenvalue weighted by Crippen LogP contribution is 2.32. The van der Waals surface area contributed by atoms with E-state index in [0.29, 0.717) is 22.9 Å². The van der Waals surface area contributed by atoms with E-state index in [2.05, 4.69) is 14.9 Å². The van der Waals surface area contributed by atoms with Crippen molar-refractivity contribution in [1.29, 1.82) is 0 Å². The molecule has 1 heterocycles. The van der Waals surface area contributed by atoms with Crippen molar-refractivity contribution < 1.29 is 35.1 Å². The van der Waals surface area contributed by atoms with Gasteiger partial charge in [0.05, 0.1) is 4.90 Å². The van der Waals surface area contributed by atoms with E-state index in [1.165, 1.54) is 49.6 Å². The number of carbonyl (C=O) groups is 1. The van der Waals surface area contributed by atoms with Gasteiger partial charge in [-0.25, -0.2) is 13.5 Å². The number of urea groups is 1. The minimum absolute atomic E-state index is 0.00359. The summed E-state index contributed by atoms with van der Waals surface area (Å²) in [6, 6.07) is 17.2. The van der Waals surface area contributed by atoms with Crippen LogP contribution in [-0.4, -0.2) is 49.4 Å². The number of nitrogens with one attached hydrogen (secondary N) is 2. The molecule has 0 aromatic heterocycles. The first kappa shape index (κ1) is 30.9. The monoisotopic (exact) mass is 645 g/mol. The van der Waals surface area contributed by atoms with Crippen molar-refractivity contribution in [1.82, 2.24) is 9.62 Å². The van der Waals surface area contributed by atoms with E-state index < -0.39 is 41.9 Å². The Balaban J connectivity index is 1.30. The Labute approximate surface area is 252 Å². The molecule has 1 aliphatic heterocycles. The number of piperidine rings is 1. The normalized spacial score (nSPS) is 14.5. The van der Waals surface area contributed by atoms with Gasteiger partial charge >= 0.3 is 6.03 Å². The molecule has 0 spiro atoms. The van der Waals surface area contributed by atoms with Crippen molar-refractivity contribution >= 4 is 54.7 Å². The van der Waals surface area contributed by atoms with Crippen molar-refractivity contribution in [3.63, 3.8) is 0 Å². The molecular weight excluding hydrogens is 618 g/mol. The first-order chi connectivity index (χ1) is 20.4. The van der Waals surface area contributed by atoms with Gasteiger partial charge in [0.25, 0.3) is 20.2 Å². The Bertz CT molecular complexity index is 1890. The first-order valence-electron chi connectivity index (χ1n) is 13.3. The molecule has 10 nitrogen and oxygen atoms in total. The maximum absolute atomic E-state index is 14.7. The molecule has 0 unspecified atom stereocenters. The highest BCUT2D eigenvalue weighted by molar-refractivity contribution is 7.97. The van der Waals surface area contributed by atoms with Crippen LogP contribution in [0.1, 0.15) is 24.8 Å². The number of amides is 2. The summed E-state index contributed by atoms with van der Waals surface area (Å²) in [5, 5.41) is 5.48. The Morgan fingerprint density at radius 3 is 2.19 bits per heavy atom. The standard InChI is InChI=1S/C29H28FN3O7S3/c30-27-11-6-19(20-4-5-21-15-25(42(35,36)37)17-28(26(21)16-20)43(38,39)40)14-22(27)18-31-29(34)32-23-7-9-24(10-8-23)41-33-12-2-1-3-13-33/h4-11,14-17H,1-3,12-13,18H2,(H2,31,32,34)(H,35,36,37)(H,38,39,40). The highest BCUT2D eigenvalue weighted by Gasteiger charge is 2.21. The predicted octanol–water partition coefficient (Wildman–Crippen LogP) is 5.95. The fourth-order valence-corrected chi connectivity index (χ4v) is 7.13. The summed E-state index contributed by atoms with van der Waals surface area (Å²) in [4.78, 5) is 12.2. The van der Waals surface area contributed by atoms with Crippen molar-refractivity contribution in [2.45, 2.75) is 40.5 Å². The number of hydrogen-bond donors (Lipinski definition) is 4. The van der Waals surface area contributed by atoms with E-state index in [1.807, 2.05) is 12.1 Å². The predicted molar refractivity (Wildman–Crippen MR) is 163 cm³/mol. The van der Waals surface area contributed by atoms with Crippen LogP contribution in [0.15, 0.2) is 87.5 Å². The second-order valence-corrected chi connectivity index (χ2v) is 14.0. The van der Waals surface area contributed by atoms with E-state index in [1.54, 1.807) is 30.1 Å². The highest BCUT2D eigenvalue weighted by atomic mass is 32.2. The van der Waals surface area contributed by atoms with Gasteiger partial charge in [-0.3, -0.25) is 9.11 Å². The molecule has 1 fully saturated rings. The average Bonchev–Trinajstić information content (AvgIpc) is 2.96. The summed E-state index contributed by atoms with van der Waals surface area (Å²) in [5.74, 6) is -0.569. The average molecular weight is 646 g/mol. The lowest BCUT2D eigenvalue weighted by Crippen LogP contribution is -2.28. The molecule has 0 radical (unpaired) electrons.